The molecule has 1 atom stereocenters. The third kappa shape index (κ3) is 3.84. The van der Waals surface area contributed by atoms with Crippen molar-refractivity contribution in [2.75, 3.05) is 13.1 Å². The Bertz CT molecular complexity index is 964. The predicted octanol–water partition coefficient (Wildman–Crippen LogP) is 3.96. The number of hydrogen-bond acceptors (Lipinski definition) is 3. The Kier molecular flexibility index (Phi) is 5.24. The summed E-state index contributed by atoms with van der Waals surface area (Å²) in [6, 6.07) is 10.1. The van der Waals surface area contributed by atoms with E-state index in [1.165, 1.54) is 0 Å². The molecule has 0 N–H and O–H groups in total. The normalized spacial score (nSPS) is 16.9. The second-order valence-electron chi connectivity index (χ2n) is 7.68. The highest BCUT2D eigenvalue weighted by atomic mass is 16.2. The molecule has 0 radical (unpaired) electrons. The first kappa shape index (κ1) is 18.4. The average Bonchev–Trinajstić information content (AvgIpc) is 3.18. The first-order valence-corrected chi connectivity index (χ1v) is 9.88. The number of aromatic nitrogens is 3. The molecule has 0 aliphatic carbocycles. The summed E-state index contributed by atoms with van der Waals surface area (Å²) in [5.74, 6) is 1.45. The summed E-state index contributed by atoms with van der Waals surface area (Å²) in [7, 11) is 0. The van der Waals surface area contributed by atoms with Gasteiger partial charge in [-0.3, -0.25) is 9.78 Å². The molecule has 3 aromatic rings. The summed E-state index contributed by atoms with van der Waals surface area (Å²) >= 11 is 0. The highest BCUT2D eigenvalue weighted by Gasteiger charge is 2.28. The van der Waals surface area contributed by atoms with Crippen molar-refractivity contribution >= 4 is 5.91 Å². The number of aryl methyl sites for hydroxylation is 2. The number of rotatable bonds is 4. The molecule has 1 amide bonds. The van der Waals surface area contributed by atoms with Gasteiger partial charge >= 0.3 is 0 Å². The Morgan fingerprint density at radius 2 is 2.11 bits per heavy atom. The molecule has 0 spiro atoms. The third-order valence-electron chi connectivity index (χ3n) is 5.52. The van der Waals surface area contributed by atoms with Gasteiger partial charge in [-0.05, 0) is 49.9 Å². The van der Waals surface area contributed by atoms with Crippen LogP contribution in [0.5, 0.6) is 0 Å². The first-order valence-electron chi connectivity index (χ1n) is 9.88. The summed E-state index contributed by atoms with van der Waals surface area (Å²) in [5.41, 5.74) is 4.13. The van der Waals surface area contributed by atoms with E-state index in [4.69, 9.17) is 0 Å². The van der Waals surface area contributed by atoms with Gasteiger partial charge in [-0.25, -0.2) is 4.98 Å². The van der Waals surface area contributed by atoms with E-state index in [2.05, 4.69) is 26.7 Å². The predicted molar refractivity (Wildman–Crippen MR) is 109 cm³/mol. The molecule has 5 heteroatoms. The zero-order valence-electron chi connectivity index (χ0n) is 16.5. The number of amides is 1. The Hall–Kier alpha value is -2.95. The second-order valence-corrected chi connectivity index (χ2v) is 7.68. The topological polar surface area (TPSA) is 51.0 Å². The van der Waals surface area contributed by atoms with Gasteiger partial charge in [-0.1, -0.05) is 23.8 Å². The van der Waals surface area contributed by atoms with Crippen LogP contribution in [0.2, 0.25) is 0 Å². The Morgan fingerprint density at radius 3 is 2.93 bits per heavy atom. The van der Waals surface area contributed by atoms with Gasteiger partial charge in [-0.2, -0.15) is 0 Å². The molecule has 2 aromatic heterocycles. The van der Waals surface area contributed by atoms with E-state index in [0.29, 0.717) is 0 Å². The number of piperidine rings is 1. The monoisotopic (exact) mass is 374 g/mol. The van der Waals surface area contributed by atoms with Crippen molar-refractivity contribution in [2.24, 2.45) is 0 Å². The molecule has 4 rings (SSSR count). The molecule has 1 aliphatic heterocycles. The van der Waals surface area contributed by atoms with E-state index < -0.39 is 0 Å². The standard InChI is InChI=1S/C23H26N4O/c1-17-7-8-18(2)21(13-17)23(28)27-11-4-6-20(16-27)22-25-10-12-26(22)15-19-5-3-9-24-14-19/h3,5,7-10,12-14,20H,4,6,11,15-16H2,1-2H3/t20-/m0/s1. The quantitative estimate of drug-likeness (QED) is 0.694. The molecule has 1 aliphatic rings. The van der Waals surface area contributed by atoms with Crippen molar-refractivity contribution in [2.45, 2.75) is 39.2 Å². The van der Waals surface area contributed by atoms with Crippen LogP contribution in [-0.2, 0) is 6.54 Å². The van der Waals surface area contributed by atoms with E-state index >= 15 is 0 Å². The van der Waals surface area contributed by atoms with E-state index in [9.17, 15) is 4.79 Å². The molecule has 1 saturated heterocycles. The zero-order valence-corrected chi connectivity index (χ0v) is 16.5. The number of imidazole rings is 1. The van der Waals surface area contributed by atoms with Crippen molar-refractivity contribution in [1.82, 2.24) is 19.4 Å². The summed E-state index contributed by atoms with van der Waals surface area (Å²) < 4.78 is 2.19. The van der Waals surface area contributed by atoms with Crippen LogP contribution in [0.3, 0.4) is 0 Å². The highest BCUT2D eigenvalue weighted by Crippen LogP contribution is 2.28. The van der Waals surface area contributed by atoms with Crippen LogP contribution in [0.1, 0.15) is 51.6 Å². The van der Waals surface area contributed by atoms with Crippen LogP contribution in [0.25, 0.3) is 0 Å². The van der Waals surface area contributed by atoms with E-state index in [0.717, 1.165) is 60.6 Å². The minimum Gasteiger partial charge on any atom is -0.338 e. The maximum atomic E-state index is 13.2. The van der Waals surface area contributed by atoms with Crippen molar-refractivity contribution < 1.29 is 4.79 Å². The number of benzene rings is 1. The molecular weight excluding hydrogens is 348 g/mol. The summed E-state index contributed by atoms with van der Waals surface area (Å²) in [6.45, 7) is 6.33. The maximum Gasteiger partial charge on any atom is 0.254 e. The van der Waals surface area contributed by atoms with Crippen LogP contribution < -0.4 is 0 Å². The first-order chi connectivity index (χ1) is 13.6. The lowest BCUT2D eigenvalue weighted by Crippen LogP contribution is -2.40. The average molecular weight is 374 g/mol. The zero-order chi connectivity index (χ0) is 19.5. The summed E-state index contributed by atoms with van der Waals surface area (Å²) in [5, 5.41) is 0. The molecule has 0 bridgehead atoms. The van der Waals surface area contributed by atoms with Gasteiger partial charge in [0.2, 0.25) is 0 Å². The lowest BCUT2D eigenvalue weighted by atomic mass is 9.95. The van der Waals surface area contributed by atoms with E-state index in [-0.39, 0.29) is 11.8 Å². The molecule has 5 nitrogen and oxygen atoms in total. The molecular formula is C23H26N4O. The van der Waals surface area contributed by atoms with Crippen LogP contribution in [-0.4, -0.2) is 38.4 Å². The summed E-state index contributed by atoms with van der Waals surface area (Å²) in [6.07, 6.45) is 9.61. The molecule has 0 saturated carbocycles. The van der Waals surface area contributed by atoms with Gasteiger partial charge in [-0.15, -0.1) is 0 Å². The van der Waals surface area contributed by atoms with E-state index in [1.807, 2.05) is 55.5 Å². The fourth-order valence-corrected chi connectivity index (χ4v) is 4.01. The van der Waals surface area contributed by atoms with E-state index in [1.54, 1.807) is 6.20 Å². The van der Waals surface area contributed by atoms with Gasteiger partial charge in [0.1, 0.15) is 5.82 Å². The summed E-state index contributed by atoms with van der Waals surface area (Å²) in [4.78, 5) is 24.0. The smallest absolute Gasteiger partial charge is 0.254 e. The minimum atomic E-state index is 0.135. The van der Waals surface area contributed by atoms with Crippen molar-refractivity contribution in [3.63, 3.8) is 0 Å². The van der Waals surface area contributed by atoms with Crippen LogP contribution >= 0.6 is 0 Å². The lowest BCUT2D eigenvalue weighted by Gasteiger charge is -2.33. The van der Waals surface area contributed by atoms with Gasteiger partial charge in [0, 0.05) is 49.4 Å². The van der Waals surface area contributed by atoms with Crippen molar-refractivity contribution in [3.8, 4) is 0 Å². The SMILES string of the molecule is Cc1ccc(C)c(C(=O)N2CCC[C@H](c3nccn3Cc3cccnc3)C2)c1. The maximum absolute atomic E-state index is 13.2. The van der Waals surface area contributed by atoms with Gasteiger partial charge in [0.05, 0.1) is 6.54 Å². The van der Waals surface area contributed by atoms with Crippen molar-refractivity contribution in [3.05, 3.63) is 83.2 Å². The van der Waals surface area contributed by atoms with Gasteiger partial charge in [0.15, 0.2) is 0 Å². The number of nitrogens with zero attached hydrogens (tertiary/aromatic N) is 4. The molecule has 3 heterocycles. The third-order valence-corrected chi connectivity index (χ3v) is 5.52. The minimum absolute atomic E-state index is 0.135. The fourth-order valence-electron chi connectivity index (χ4n) is 4.01. The molecule has 28 heavy (non-hydrogen) atoms. The number of hydrogen-bond donors (Lipinski definition) is 0. The second kappa shape index (κ2) is 7.97. The molecule has 1 fully saturated rings. The number of carbonyl (C=O) groups excluding carboxylic acids is 1. The van der Waals surface area contributed by atoms with Crippen LogP contribution in [0, 0.1) is 13.8 Å². The van der Waals surface area contributed by atoms with Crippen LogP contribution in [0.4, 0.5) is 0 Å². The number of likely N-dealkylation sites (tertiary alicyclic amines) is 1. The molecule has 0 unspecified atom stereocenters. The van der Waals surface area contributed by atoms with Crippen molar-refractivity contribution in [1.29, 1.82) is 0 Å². The lowest BCUT2D eigenvalue weighted by molar-refractivity contribution is 0.0702. The van der Waals surface area contributed by atoms with Gasteiger partial charge < -0.3 is 9.47 Å². The Morgan fingerprint density at radius 1 is 1.21 bits per heavy atom. The fraction of sp³-hybridized carbons (Fsp3) is 0.348. The largest absolute Gasteiger partial charge is 0.338 e. The molecule has 1 aromatic carbocycles. The number of carbonyl (C=O) groups is 1. The molecule has 144 valence electrons. The Balaban J connectivity index is 1.53. The highest BCUT2D eigenvalue weighted by molar-refractivity contribution is 5.96. The van der Waals surface area contributed by atoms with Crippen LogP contribution in [0.15, 0.2) is 55.1 Å². The van der Waals surface area contributed by atoms with Gasteiger partial charge in [0.25, 0.3) is 5.91 Å². The number of pyridine rings is 1. The Labute approximate surface area is 166 Å².